The topological polar surface area (TPSA) is 55.6 Å². The number of amides is 1. The van der Waals surface area contributed by atoms with E-state index in [0.717, 1.165) is 18.4 Å². The smallest absolute Gasteiger partial charge is 0.246 e. The molecule has 1 heterocycles. The summed E-state index contributed by atoms with van der Waals surface area (Å²) in [5.74, 6) is 0.300. The Morgan fingerprint density at radius 1 is 1.12 bits per heavy atom. The zero-order chi connectivity index (χ0) is 17.9. The molecule has 0 aromatic heterocycles. The molecule has 2 N–H and O–H groups in total. The predicted octanol–water partition coefficient (Wildman–Crippen LogP) is 3.07. The van der Waals surface area contributed by atoms with Crippen molar-refractivity contribution in [2.75, 3.05) is 13.1 Å². The minimum Gasteiger partial charge on any atom is -0.490 e. The van der Waals surface area contributed by atoms with Crippen molar-refractivity contribution in [2.24, 2.45) is 5.73 Å². The number of hydrogen-bond acceptors (Lipinski definition) is 3. The van der Waals surface area contributed by atoms with Gasteiger partial charge in [0.05, 0.1) is 0 Å². The van der Waals surface area contributed by atoms with Crippen molar-refractivity contribution in [3.05, 3.63) is 66.0 Å². The van der Waals surface area contributed by atoms with E-state index in [2.05, 4.69) is 0 Å². The van der Waals surface area contributed by atoms with Gasteiger partial charge in [0.2, 0.25) is 5.91 Å². The van der Waals surface area contributed by atoms with Gasteiger partial charge in [-0.05, 0) is 36.8 Å². The van der Waals surface area contributed by atoms with E-state index in [1.807, 2.05) is 30.3 Å². The van der Waals surface area contributed by atoms with E-state index in [-0.39, 0.29) is 17.8 Å². The first-order valence-corrected chi connectivity index (χ1v) is 8.53. The Kier molecular flexibility index (Phi) is 5.04. The number of rotatable bonds is 4. The number of nitrogens with zero attached hydrogens (tertiary/aromatic N) is 1. The number of ether oxygens (including phenoxy) is 1. The van der Waals surface area contributed by atoms with Crippen LogP contribution in [0.1, 0.15) is 25.3 Å². The highest BCUT2D eigenvalue weighted by molar-refractivity contribution is 5.87. The van der Waals surface area contributed by atoms with Crippen LogP contribution < -0.4 is 10.5 Å². The van der Waals surface area contributed by atoms with E-state index >= 15 is 0 Å². The minimum absolute atomic E-state index is 0.0234. The van der Waals surface area contributed by atoms with Gasteiger partial charge >= 0.3 is 0 Å². The maximum atomic E-state index is 12.9. The SMILES string of the molecule is CC(N)(C(=O)N1CCC(Oc2ccc(F)cc2)CC1)c1ccccc1. The number of nitrogens with two attached hydrogens (primary N) is 1. The molecule has 1 atom stereocenters. The third-order valence-corrected chi connectivity index (χ3v) is 4.66. The summed E-state index contributed by atoms with van der Waals surface area (Å²) in [5.41, 5.74) is 6.10. The Morgan fingerprint density at radius 3 is 2.32 bits per heavy atom. The predicted molar refractivity (Wildman–Crippen MR) is 94.6 cm³/mol. The van der Waals surface area contributed by atoms with Gasteiger partial charge in [-0.2, -0.15) is 0 Å². The van der Waals surface area contributed by atoms with Crippen LogP contribution in [0.3, 0.4) is 0 Å². The lowest BCUT2D eigenvalue weighted by Crippen LogP contribution is -2.53. The number of carbonyl (C=O) groups is 1. The summed E-state index contributed by atoms with van der Waals surface area (Å²) < 4.78 is 18.8. The highest BCUT2D eigenvalue weighted by Gasteiger charge is 2.36. The molecule has 1 aliphatic heterocycles. The van der Waals surface area contributed by atoms with Gasteiger partial charge in [0, 0.05) is 25.9 Å². The van der Waals surface area contributed by atoms with Gasteiger partial charge in [-0.3, -0.25) is 4.79 Å². The molecule has 25 heavy (non-hydrogen) atoms. The van der Waals surface area contributed by atoms with Gasteiger partial charge < -0.3 is 15.4 Å². The molecule has 3 rings (SSSR count). The first-order valence-electron chi connectivity index (χ1n) is 8.53. The molecule has 2 aromatic rings. The fraction of sp³-hybridized carbons (Fsp3) is 0.350. The van der Waals surface area contributed by atoms with E-state index in [0.29, 0.717) is 18.8 Å². The van der Waals surface area contributed by atoms with Gasteiger partial charge in [-0.15, -0.1) is 0 Å². The molecule has 0 bridgehead atoms. The number of hydrogen-bond donors (Lipinski definition) is 1. The zero-order valence-corrected chi connectivity index (χ0v) is 14.3. The Balaban J connectivity index is 1.58. The van der Waals surface area contributed by atoms with Crippen molar-refractivity contribution in [1.82, 2.24) is 4.90 Å². The van der Waals surface area contributed by atoms with Crippen molar-refractivity contribution in [3.8, 4) is 5.75 Å². The van der Waals surface area contributed by atoms with Crippen LogP contribution in [0.25, 0.3) is 0 Å². The largest absolute Gasteiger partial charge is 0.490 e. The molecular weight excluding hydrogens is 319 g/mol. The average molecular weight is 342 g/mol. The summed E-state index contributed by atoms with van der Waals surface area (Å²) in [4.78, 5) is 14.6. The average Bonchev–Trinajstić information content (AvgIpc) is 2.64. The summed E-state index contributed by atoms with van der Waals surface area (Å²) >= 11 is 0. The first kappa shape index (κ1) is 17.4. The van der Waals surface area contributed by atoms with Crippen LogP contribution >= 0.6 is 0 Å². The molecule has 1 aliphatic rings. The second-order valence-corrected chi connectivity index (χ2v) is 6.63. The van der Waals surface area contributed by atoms with E-state index in [1.54, 1.807) is 24.0 Å². The van der Waals surface area contributed by atoms with Crippen LogP contribution in [-0.2, 0) is 10.3 Å². The van der Waals surface area contributed by atoms with Gasteiger partial charge in [-0.1, -0.05) is 30.3 Å². The maximum absolute atomic E-state index is 12.9. The molecule has 1 fully saturated rings. The van der Waals surface area contributed by atoms with Gasteiger partial charge in [0.25, 0.3) is 0 Å². The van der Waals surface area contributed by atoms with Crippen LogP contribution in [0.15, 0.2) is 54.6 Å². The number of halogens is 1. The molecule has 0 aliphatic carbocycles. The van der Waals surface area contributed by atoms with Crippen LogP contribution in [0.2, 0.25) is 0 Å². The van der Waals surface area contributed by atoms with Crippen LogP contribution in [0, 0.1) is 5.82 Å². The zero-order valence-electron chi connectivity index (χ0n) is 14.3. The third kappa shape index (κ3) is 3.99. The second-order valence-electron chi connectivity index (χ2n) is 6.63. The van der Waals surface area contributed by atoms with Gasteiger partial charge in [0.1, 0.15) is 23.2 Å². The quantitative estimate of drug-likeness (QED) is 0.929. The van der Waals surface area contributed by atoms with Crippen LogP contribution in [0.4, 0.5) is 4.39 Å². The van der Waals surface area contributed by atoms with Crippen LogP contribution in [-0.4, -0.2) is 30.0 Å². The Bertz CT molecular complexity index is 708. The molecule has 0 radical (unpaired) electrons. The Labute approximate surface area is 147 Å². The first-order chi connectivity index (χ1) is 12.0. The molecule has 132 valence electrons. The van der Waals surface area contributed by atoms with Crippen molar-refractivity contribution in [1.29, 1.82) is 0 Å². The number of likely N-dealkylation sites (tertiary alicyclic amines) is 1. The fourth-order valence-corrected chi connectivity index (χ4v) is 3.12. The summed E-state index contributed by atoms with van der Waals surface area (Å²) in [6.07, 6.45) is 1.48. The standard InChI is InChI=1S/C20H23FN2O2/c1-20(22,15-5-3-2-4-6-15)19(24)23-13-11-18(12-14-23)25-17-9-7-16(21)8-10-17/h2-10,18H,11-14,22H2,1H3. The molecule has 0 saturated carbocycles. The van der Waals surface area contributed by atoms with Crippen molar-refractivity contribution in [3.63, 3.8) is 0 Å². The summed E-state index contributed by atoms with van der Waals surface area (Å²) in [5, 5.41) is 0. The Morgan fingerprint density at radius 2 is 1.72 bits per heavy atom. The third-order valence-electron chi connectivity index (χ3n) is 4.66. The second kappa shape index (κ2) is 7.23. The lowest BCUT2D eigenvalue weighted by atomic mass is 9.90. The molecule has 0 spiro atoms. The van der Waals surface area contributed by atoms with E-state index < -0.39 is 5.54 Å². The van der Waals surface area contributed by atoms with E-state index in [1.165, 1.54) is 12.1 Å². The highest BCUT2D eigenvalue weighted by Crippen LogP contribution is 2.24. The van der Waals surface area contributed by atoms with Crippen LogP contribution in [0.5, 0.6) is 5.75 Å². The maximum Gasteiger partial charge on any atom is 0.246 e. The monoisotopic (exact) mass is 342 g/mol. The molecule has 4 nitrogen and oxygen atoms in total. The lowest BCUT2D eigenvalue weighted by Gasteiger charge is -2.37. The van der Waals surface area contributed by atoms with E-state index in [4.69, 9.17) is 10.5 Å². The van der Waals surface area contributed by atoms with Gasteiger partial charge in [-0.25, -0.2) is 4.39 Å². The van der Waals surface area contributed by atoms with Crippen molar-refractivity contribution < 1.29 is 13.9 Å². The Hall–Kier alpha value is -2.40. The molecule has 5 heteroatoms. The molecule has 1 amide bonds. The lowest BCUT2D eigenvalue weighted by molar-refractivity contribution is -0.138. The summed E-state index contributed by atoms with van der Waals surface area (Å²) in [6.45, 7) is 2.96. The van der Waals surface area contributed by atoms with Crippen molar-refractivity contribution >= 4 is 5.91 Å². The molecule has 1 unspecified atom stereocenters. The molecule has 1 saturated heterocycles. The summed E-state index contributed by atoms with van der Waals surface area (Å²) in [7, 11) is 0. The normalized spacial score (nSPS) is 17.8. The van der Waals surface area contributed by atoms with E-state index in [9.17, 15) is 9.18 Å². The number of carbonyl (C=O) groups excluding carboxylic acids is 1. The summed E-state index contributed by atoms with van der Waals surface area (Å²) in [6, 6.07) is 15.4. The number of benzene rings is 2. The minimum atomic E-state index is -1.04. The molecular formula is C20H23FN2O2. The van der Waals surface area contributed by atoms with Crippen molar-refractivity contribution in [2.45, 2.75) is 31.4 Å². The highest BCUT2D eigenvalue weighted by atomic mass is 19.1. The number of piperidine rings is 1. The van der Waals surface area contributed by atoms with Gasteiger partial charge in [0.15, 0.2) is 0 Å². The molecule has 2 aromatic carbocycles. The fourth-order valence-electron chi connectivity index (χ4n) is 3.12.